The van der Waals surface area contributed by atoms with Gasteiger partial charge in [-0.2, -0.15) is 5.26 Å². The topological polar surface area (TPSA) is 45.0 Å². The Morgan fingerprint density at radius 1 is 1.32 bits per heavy atom. The maximum absolute atomic E-state index is 9.38. The van der Waals surface area contributed by atoms with Crippen molar-refractivity contribution in [2.24, 2.45) is 0 Å². The number of aryl methyl sites for hydroxylation is 3. The Hall–Kier alpha value is -1.37. The fourth-order valence-electron chi connectivity index (χ4n) is 2.57. The molecule has 1 N–H and O–H groups in total. The van der Waals surface area contributed by atoms with Crippen LogP contribution >= 0.6 is 0 Å². The molecule has 0 radical (unpaired) electrons. The normalized spacial score (nSPS) is 20.2. The Morgan fingerprint density at radius 2 is 2.05 bits per heavy atom. The van der Waals surface area contributed by atoms with Crippen LogP contribution in [0.15, 0.2) is 12.1 Å². The first-order valence-corrected chi connectivity index (χ1v) is 6.94. The molecule has 1 heterocycles. The smallest absolute Gasteiger partial charge is 0.121 e. The van der Waals surface area contributed by atoms with E-state index in [-0.39, 0.29) is 12.1 Å². The highest BCUT2D eigenvalue weighted by atomic mass is 16.5. The standard InChI is InChI=1S/C16H22N2O/c1-11-7-13(3)15(8-12(11)2)16(9-17)18-10-14-5-4-6-19-14/h7-8,14,16,18H,4-6,10H2,1-3H3. The average molecular weight is 258 g/mol. The molecule has 0 bridgehead atoms. The van der Waals surface area contributed by atoms with Gasteiger partial charge in [0.2, 0.25) is 0 Å². The summed E-state index contributed by atoms with van der Waals surface area (Å²) in [6.45, 7) is 7.87. The van der Waals surface area contributed by atoms with Gasteiger partial charge in [-0.1, -0.05) is 12.1 Å². The van der Waals surface area contributed by atoms with E-state index >= 15 is 0 Å². The number of nitrogens with one attached hydrogen (secondary N) is 1. The van der Waals surface area contributed by atoms with Crippen LogP contribution in [-0.4, -0.2) is 19.3 Å². The monoisotopic (exact) mass is 258 g/mol. The molecule has 0 spiro atoms. The molecule has 19 heavy (non-hydrogen) atoms. The third-order valence-electron chi connectivity index (χ3n) is 3.90. The summed E-state index contributed by atoms with van der Waals surface area (Å²) >= 11 is 0. The SMILES string of the molecule is Cc1cc(C)c(C(C#N)NCC2CCCO2)cc1C. The van der Waals surface area contributed by atoms with E-state index in [1.165, 1.54) is 16.7 Å². The van der Waals surface area contributed by atoms with Gasteiger partial charge in [0, 0.05) is 13.2 Å². The number of nitriles is 1. The first-order chi connectivity index (χ1) is 9.11. The largest absolute Gasteiger partial charge is 0.377 e. The van der Waals surface area contributed by atoms with E-state index in [1.807, 2.05) is 0 Å². The molecule has 2 unspecified atom stereocenters. The summed E-state index contributed by atoms with van der Waals surface area (Å²) in [6, 6.07) is 6.40. The lowest BCUT2D eigenvalue weighted by atomic mass is 9.96. The van der Waals surface area contributed by atoms with Gasteiger partial charge < -0.3 is 4.74 Å². The zero-order chi connectivity index (χ0) is 13.8. The van der Waals surface area contributed by atoms with E-state index in [0.717, 1.165) is 31.6 Å². The molecule has 3 nitrogen and oxygen atoms in total. The summed E-state index contributed by atoms with van der Waals surface area (Å²) in [5, 5.41) is 12.7. The van der Waals surface area contributed by atoms with Gasteiger partial charge in [0.25, 0.3) is 0 Å². The van der Waals surface area contributed by atoms with Crippen LogP contribution in [0.2, 0.25) is 0 Å². The molecule has 0 saturated carbocycles. The zero-order valence-corrected chi connectivity index (χ0v) is 12.0. The first-order valence-electron chi connectivity index (χ1n) is 6.94. The van der Waals surface area contributed by atoms with Crippen LogP contribution in [0.5, 0.6) is 0 Å². The predicted octanol–water partition coefficient (Wildman–Crippen LogP) is 2.95. The molecular weight excluding hydrogens is 236 g/mol. The van der Waals surface area contributed by atoms with Gasteiger partial charge in [0.15, 0.2) is 0 Å². The molecule has 1 fully saturated rings. The van der Waals surface area contributed by atoms with E-state index < -0.39 is 0 Å². The molecule has 0 aromatic heterocycles. The second-order valence-electron chi connectivity index (χ2n) is 5.40. The minimum absolute atomic E-state index is 0.247. The molecular formula is C16H22N2O. The molecule has 3 heteroatoms. The molecule has 1 aliphatic rings. The van der Waals surface area contributed by atoms with Crippen molar-refractivity contribution < 1.29 is 4.74 Å². The summed E-state index contributed by atoms with van der Waals surface area (Å²) in [7, 11) is 0. The van der Waals surface area contributed by atoms with Crippen molar-refractivity contribution in [2.75, 3.05) is 13.2 Å². The Balaban J connectivity index is 2.08. The molecule has 1 aromatic carbocycles. The number of rotatable bonds is 4. The van der Waals surface area contributed by atoms with Crippen molar-refractivity contribution in [3.05, 3.63) is 34.4 Å². The minimum Gasteiger partial charge on any atom is -0.377 e. The zero-order valence-electron chi connectivity index (χ0n) is 12.0. The van der Waals surface area contributed by atoms with E-state index in [9.17, 15) is 5.26 Å². The van der Waals surface area contributed by atoms with Crippen molar-refractivity contribution in [1.82, 2.24) is 5.32 Å². The van der Waals surface area contributed by atoms with E-state index in [1.54, 1.807) is 0 Å². The second kappa shape index (κ2) is 6.18. The first kappa shape index (κ1) is 14.0. The minimum atomic E-state index is -0.247. The molecule has 0 amide bonds. The van der Waals surface area contributed by atoms with Crippen LogP contribution in [0.1, 0.15) is 41.1 Å². The lowest BCUT2D eigenvalue weighted by molar-refractivity contribution is 0.109. The summed E-state index contributed by atoms with van der Waals surface area (Å²) in [4.78, 5) is 0. The van der Waals surface area contributed by atoms with Crippen LogP contribution in [0.4, 0.5) is 0 Å². The van der Waals surface area contributed by atoms with Crippen LogP contribution in [0, 0.1) is 32.1 Å². The van der Waals surface area contributed by atoms with Crippen LogP contribution < -0.4 is 5.32 Å². The van der Waals surface area contributed by atoms with Crippen molar-refractivity contribution >= 4 is 0 Å². The molecule has 1 aromatic rings. The van der Waals surface area contributed by atoms with Crippen molar-refractivity contribution in [2.45, 2.75) is 45.8 Å². The Kier molecular flexibility index (Phi) is 4.57. The fourth-order valence-corrected chi connectivity index (χ4v) is 2.57. The summed E-state index contributed by atoms with van der Waals surface area (Å²) < 4.78 is 5.58. The van der Waals surface area contributed by atoms with Gasteiger partial charge in [0.05, 0.1) is 12.2 Å². The summed E-state index contributed by atoms with van der Waals surface area (Å²) in [5.41, 5.74) is 4.77. The lowest BCUT2D eigenvalue weighted by Gasteiger charge is -2.18. The lowest BCUT2D eigenvalue weighted by Crippen LogP contribution is -2.29. The number of benzene rings is 1. The van der Waals surface area contributed by atoms with Crippen LogP contribution in [0.3, 0.4) is 0 Å². The number of hydrogen-bond donors (Lipinski definition) is 1. The molecule has 2 rings (SSSR count). The van der Waals surface area contributed by atoms with Crippen LogP contribution in [0.25, 0.3) is 0 Å². The average Bonchev–Trinajstić information content (AvgIpc) is 2.89. The molecule has 0 aliphatic carbocycles. The highest BCUT2D eigenvalue weighted by Gasteiger charge is 2.19. The van der Waals surface area contributed by atoms with Crippen LogP contribution in [-0.2, 0) is 4.74 Å². The fraction of sp³-hybridized carbons (Fsp3) is 0.562. The van der Waals surface area contributed by atoms with Crippen molar-refractivity contribution in [3.63, 3.8) is 0 Å². The van der Waals surface area contributed by atoms with Gasteiger partial charge in [-0.05, 0) is 55.9 Å². The highest BCUT2D eigenvalue weighted by molar-refractivity contribution is 5.40. The quantitative estimate of drug-likeness (QED) is 0.903. The third kappa shape index (κ3) is 3.34. The highest BCUT2D eigenvalue weighted by Crippen LogP contribution is 2.22. The molecule has 102 valence electrons. The summed E-state index contributed by atoms with van der Waals surface area (Å²) in [6.07, 6.45) is 2.49. The Labute approximate surface area is 115 Å². The Morgan fingerprint density at radius 3 is 2.68 bits per heavy atom. The van der Waals surface area contributed by atoms with Crippen molar-refractivity contribution in [3.8, 4) is 6.07 Å². The van der Waals surface area contributed by atoms with Gasteiger partial charge in [-0.15, -0.1) is 0 Å². The second-order valence-corrected chi connectivity index (χ2v) is 5.40. The van der Waals surface area contributed by atoms with E-state index in [0.29, 0.717) is 0 Å². The third-order valence-corrected chi connectivity index (χ3v) is 3.90. The molecule has 2 atom stereocenters. The van der Waals surface area contributed by atoms with Crippen molar-refractivity contribution in [1.29, 1.82) is 5.26 Å². The van der Waals surface area contributed by atoms with Gasteiger partial charge in [0.1, 0.15) is 6.04 Å². The maximum Gasteiger partial charge on any atom is 0.121 e. The number of ether oxygens (including phenoxy) is 1. The maximum atomic E-state index is 9.38. The number of nitrogens with zero attached hydrogens (tertiary/aromatic N) is 1. The van der Waals surface area contributed by atoms with Gasteiger partial charge >= 0.3 is 0 Å². The van der Waals surface area contributed by atoms with Gasteiger partial charge in [-0.25, -0.2) is 0 Å². The molecule has 1 aliphatic heterocycles. The Bertz CT molecular complexity index is 484. The number of hydrogen-bond acceptors (Lipinski definition) is 3. The molecule has 1 saturated heterocycles. The van der Waals surface area contributed by atoms with E-state index in [4.69, 9.17) is 4.74 Å². The van der Waals surface area contributed by atoms with E-state index in [2.05, 4.69) is 44.3 Å². The van der Waals surface area contributed by atoms with Gasteiger partial charge in [-0.3, -0.25) is 5.32 Å². The predicted molar refractivity (Wildman–Crippen MR) is 76.0 cm³/mol. The summed E-state index contributed by atoms with van der Waals surface area (Å²) in [5.74, 6) is 0.